The largest absolute Gasteiger partial charge is 0.463 e. The van der Waals surface area contributed by atoms with Crippen molar-refractivity contribution in [1.29, 1.82) is 0 Å². The Kier molecular flexibility index (Phi) is 7.69. The van der Waals surface area contributed by atoms with Crippen molar-refractivity contribution < 1.29 is 32.2 Å². The van der Waals surface area contributed by atoms with Gasteiger partial charge in [0.05, 0.1) is 24.6 Å². The van der Waals surface area contributed by atoms with Gasteiger partial charge in [-0.1, -0.05) is 42.1 Å². The summed E-state index contributed by atoms with van der Waals surface area (Å²) in [6, 6.07) is 14.3. The van der Waals surface area contributed by atoms with E-state index in [0.717, 1.165) is 24.6 Å². The zero-order valence-corrected chi connectivity index (χ0v) is 21.9. The minimum absolute atomic E-state index is 0.0276. The van der Waals surface area contributed by atoms with Crippen LogP contribution < -0.4 is 4.74 Å². The number of hydrogen-bond donors (Lipinski definition) is 0. The maximum Gasteiger partial charge on any atom is 0.434 e. The van der Waals surface area contributed by atoms with E-state index in [-0.39, 0.29) is 24.1 Å². The Bertz CT molecular complexity index is 1350. The van der Waals surface area contributed by atoms with Crippen LogP contribution in [0.15, 0.2) is 82.0 Å². The van der Waals surface area contributed by atoms with Crippen molar-refractivity contribution in [2.45, 2.75) is 38.4 Å². The number of ether oxygens (including phenoxy) is 2. The summed E-state index contributed by atoms with van der Waals surface area (Å²) in [7, 11) is 0. The lowest BCUT2D eigenvalue weighted by Gasteiger charge is -2.37. The first-order valence-corrected chi connectivity index (χ1v) is 13.5. The second-order valence-electron chi connectivity index (χ2n) is 9.13. The highest BCUT2D eigenvalue weighted by Crippen LogP contribution is 2.48. The van der Waals surface area contributed by atoms with Crippen LogP contribution in [-0.2, 0) is 14.3 Å². The highest BCUT2D eigenvalue weighted by molar-refractivity contribution is 8.16. The number of allylic oxidation sites excluding steroid dienone is 1. The van der Waals surface area contributed by atoms with E-state index in [4.69, 9.17) is 9.47 Å². The molecular formula is C28H26F3N3O4S. The molecule has 3 heterocycles. The van der Waals surface area contributed by atoms with Gasteiger partial charge in [0.25, 0.3) is 0 Å². The number of rotatable bonds is 7. The molecule has 0 bridgehead atoms. The van der Waals surface area contributed by atoms with E-state index >= 15 is 0 Å². The SMILES string of the molecule is CCOC(=O)C1=C(C(F)(F)F)N=C2SC=C(CC(=O)N3CCCC3)N2C1c1cccc(Oc2ccccc2)c1. The van der Waals surface area contributed by atoms with Gasteiger partial charge >= 0.3 is 12.1 Å². The number of hydrogen-bond acceptors (Lipinski definition) is 7. The first-order chi connectivity index (χ1) is 18.8. The van der Waals surface area contributed by atoms with Crippen molar-refractivity contribution in [2.24, 2.45) is 4.99 Å². The lowest BCUT2D eigenvalue weighted by Crippen LogP contribution is -2.40. The average Bonchev–Trinajstić information content (AvgIpc) is 3.59. The summed E-state index contributed by atoms with van der Waals surface area (Å²) >= 11 is 0.997. The number of nitrogens with zero attached hydrogens (tertiary/aromatic N) is 3. The molecule has 1 amide bonds. The molecule has 5 rings (SSSR count). The molecule has 204 valence electrons. The molecule has 1 fully saturated rings. The van der Waals surface area contributed by atoms with Crippen LogP contribution in [-0.4, -0.2) is 52.7 Å². The third-order valence-electron chi connectivity index (χ3n) is 6.52. The van der Waals surface area contributed by atoms with E-state index in [1.165, 1.54) is 6.92 Å². The number of para-hydroxylation sites is 1. The Balaban J connectivity index is 1.59. The third kappa shape index (κ3) is 5.68. The number of amides is 1. The molecule has 0 saturated carbocycles. The summed E-state index contributed by atoms with van der Waals surface area (Å²) in [4.78, 5) is 33.3. The predicted octanol–water partition coefficient (Wildman–Crippen LogP) is 6.17. The van der Waals surface area contributed by atoms with Gasteiger partial charge in [0, 0.05) is 18.8 Å². The quantitative estimate of drug-likeness (QED) is 0.379. The number of carbonyl (C=O) groups excluding carboxylic acids is 2. The van der Waals surface area contributed by atoms with Crippen LogP contribution in [0, 0.1) is 0 Å². The topological polar surface area (TPSA) is 71.4 Å². The molecule has 39 heavy (non-hydrogen) atoms. The number of esters is 1. The van der Waals surface area contributed by atoms with Gasteiger partial charge < -0.3 is 19.3 Å². The first-order valence-electron chi connectivity index (χ1n) is 12.6. The number of aliphatic imine (C=N–C) groups is 1. The molecule has 0 N–H and O–H groups in total. The first kappa shape index (κ1) is 26.9. The molecule has 7 nitrogen and oxygen atoms in total. The number of amidine groups is 1. The van der Waals surface area contributed by atoms with Crippen LogP contribution in [0.5, 0.6) is 11.5 Å². The Morgan fingerprint density at radius 3 is 2.46 bits per heavy atom. The van der Waals surface area contributed by atoms with Crippen LogP contribution in [0.3, 0.4) is 0 Å². The number of fused-ring (bicyclic) bond motifs is 1. The summed E-state index contributed by atoms with van der Waals surface area (Å²) in [6.07, 6.45) is -3.11. The fourth-order valence-corrected chi connectivity index (χ4v) is 5.73. The van der Waals surface area contributed by atoms with E-state index in [1.54, 1.807) is 63.7 Å². The molecule has 2 aromatic carbocycles. The smallest absolute Gasteiger partial charge is 0.434 e. The minimum atomic E-state index is -4.91. The summed E-state index contributed by atoms with van der Waals surface area (Å²) in [5.41, 5.74) is -1.10. The summed E-state index contributed by atoms with van der Waals surface area (Å²) in [5, 5.41) is 1.67. The number of halogens is 3. The van der Waals surface area contributed by atoms with Crippen molar-refractivity contribution in [3.63, 3.8) is 0 Å². The summed E-state index contributed by atoms with van der Waals surface area (Å²) < 4.78 is 54.0. The van der Waals surface area contributed by atoms with Crippen molar-refractivity contribution in [1.82, 2.24) is 9.80 Å². The second kappa shape index (κ2) is 11.2. The molecule has 11 heteroatoms. The molecule has 0 radical (unpaired) electrons. The maximum atomic E-state index is 14.3. The Morgan fingerprint density at radius 1 is 1.05 bits per heavy atom. The molecule has 3 aliphatic rings. The molecule has 1 saturated heterocycles. The number of benzene rings is 2. The molecule has 0 spiro atoms. The normalized spacial score (nSPS) is 19.0. The van der Waals surface area contributed by atoms with E-state index in [9.17, 15) is 22.8 Å². The van der Waals surface area contributed by atoms with E-state index in [2.05, 4.69) is 4.99 Å². The van der Waals surface area contributed by atoms with Crippen LogP contribution in [0.25, 0.3) is 0 Å². The third-order valence-corrected chi connectivity index (χ3v) is 7.41. The molecule has 1 unspecified atom stereocenters. The Labute approximate surface area is 228 Å². The van der Waals surface area contributed by atoms with E-state index in [0.29, 0.717) is 35.8 Å². The van der Waals surface area contributed by atoms with Crippen molar-refractivity contribution in [3.8, 4) is 11.5 Å². The van der Waals surface area contributed by atoms with Crippen LogP contribution in [0.2, 0.25) is 0 Å². The van der Waals surface area contributed by atoms with Crippen molar-refractivity contribution >= 4 is 28.8 Å². The molecule has 0 aromatic heterocycles. The molecule has 0 aliphatic carbocycles. The highest BCUT2D eigenvalue weighted by Gasteiger charge is 2.49. The maximum absolute atomic E-state index is 14.3. The van der Waals surface area contributed by atoms with Gasteiger partial charge in [-0.3, -0.25) is 4.79 Å². The van der Waals surface area contributed by atoms with E-state index in [1.807, 2.05) is 6.07 Å². The van der Waals surface area contributed by atoms with Gasteiger partial charge in [0.2, 0.25) is 5.91 Å². The lowest BCUT2D eigenvalue weighted by molar-refractivity contribution is -0.140. The number of thioether (sulfide) groups is 1. The van der Waals surface area contributed by atoms with Crippen molar-refractivity contribution in [2.75, 3.05) is 19.7 Å². The standard InChI is InChI=1S/C28H26F3N3O4S/c1-2-37-26(36)23-24(18-9-8-12-21(15-18)38-20-10-4-3-5-11-20)34-19(16-22(35)33-13-6-7-14-33)17-39-27(34)32-25(23)28(29,30)31/h3-5,8-12,15,17,24H,2,6-7,13-14,16H2,1H3. The zero-order chi connectivity index (χ0) is 27.6. The molecule has 3 aliphatic heterocycles. The zero-order valence-electron chi connectivity index (χ0n) is 21.1. The summed E-state index contributed by atoms with van der Waals surface area (Å²) in [5.74, 6) is -0.311. The summed E-state index contributed by atoms with van der Waals surface area (Å²) in [6.45, 7) is 2.71. The van der Waals surface area contributed by atoms with Gasteiger partial charge in [-0.05, 0) is 55.0 Å². The average molecular weight is 558 g/mol. The predicted molar refractivity (Wildman–Crippen MR) is 141 cm³/mol. The molecule has 1 atom stereocenters. The minimum Gasteiger partial charge on any atom is -0.463 e. The van der Waals surface area contributed by atoms with Crippen LogP contribution in [0.4, 0.5) is 13.2 Å². The van der Waals surface area contributed by atoms with Gasteiger partial charge in [0.15, 0.2) is 10.9 Å². The Hall–Kier alpha value is -3.73. The number of likely N-dealkylation sites (tertiary alicyclic amines) is 1. The lowest BCUT2D eigenvalue weighted by atomic mass is 9.93. The fourth-order valence-electron chi connectivity index (χ4n) is 4.81. The van der Waals surface area contributed by atoms with Gasteiger partial charge in [0.1, 0.15) is 11.5 Å². The molecular weight excluding hydrogens is 531 g/mol. The fraction of sp³-hybridized carbons (Fsp3) is 0.321. The highest BCUT2D eigenvalue weighted by atomic mass is 32.2. The van der Waals surface area contributed by atoms with Gasteiger partial charge in [-0.25, -0.2) is 9.79 Å². The second-order valence-corrected chi connectivity index (χ2v) is 9.96. The molecule has 2 aromatic rings. The van der Waals surface area contributed by atoms with Crippen molar-refractivity contribution in [3.05, 3.63) is 82.5 Å². The Morgan fingerprint density at radius 2 is 1.77 bits per heavy atom. The van der Waals surface area contributed by atoms with E-state index < -0.39 is 29.5 Å². The van der Waals surface area contributed by atoms with Gasteiger partial charge in [-0.15, -0.1) is 0 Å². The van der Waals surface area contributed by atoms with Crippen LogP contribution in [0.1, 0.15) is 37.8 Å². The van der Waals surface area contributed by atoms with Gasteiger partial charge in [-0.2, -0.15) is 13.2 Å². The number of carbonyl (C=O) groups is 2. The van der Waals surface area contributed by atoms with Crippen LogP contribution >= 0.6 is 11.8 Å². The monoisotopic (exact) mass is 557 g/mol. The number of alkyl halides is 3.